The third-order valence-corrected chi connectivity index (χ3v) is 4.20. The van der Waals surface area contributed by atoms with E-state index in [-0.39, 0.29) is 0 Å². The van der Waals surface area contributed by atoms with E-state index in [2.05, 4.69) is 0 Å². The van der Waals surface area contributed by atoms with Crippen molar-refractivity contribution in [3.05, 3.63) is 66.2 Å². The summed E-state index contributed by atoms with van der Waals surface area (Å²) in [7, 11) is 0. The number of carbonyl (C=O) groups is 1. The van der Waals surface area contributed by atoms with Gasteiger partial charge in [-0.2, -0.15) is 0 Å². The lowest BCUT2D eigenvalue weighted by Crippen LogP contribution is -2.27. The highest BCUT2D eigenvalue weighted by Crippen LogP contribution is 2.33. The van der Waals surface area contributed by atoms with E-state index in [9.17, 15) is 9.90 Å². The maximum atomic E-state index is 12.2. The molecule has 3 nitrogen and oxygen atoms in total. The summed E-state index contributed by atoms with van der Waals surface area (Å²) in [6, 6.07) is 18.7. The fraction of sp³-hybridized carbons (Fsp3) is 0.235. The predicted octanol–water partition coefficient (Wildman–Crippen LogP) is 3.44. The molecule has 0 aliphatic carbocycles. The minimum Gasteiger partial charge on any atom is -0.465 e. The van der Waals surface area contributed by atoms with Crippen LogP contribution in [0.4, 0.5) is 0 Å². The molecule has 0 aliphatic rings. The Morgan fingerprint density at radius 2 is 1.67 bits per heavy atom. The Balaban J connectivity index is 2.21. The number of hydrogen-bond acceptors (Lipinski definition) is 4. The minimum absolute atomic E-state index is 0.298. The Morgan fingerprint density at radius 1 is 1.10 bits per heavy atom. The number of benzene rings is 2. The number of carbonyl (C=O) groups excluding carboxylic acids is 1. The Labute approximate surface area is 129 Å². The highest BCUT2D eigenvalue weighted by atomic mass is 32.2. The fourth-order valence-corrected chi connectivity index (χ4v) is 2.99. The smallest absolute Gasteiger partial charge is 0.322 e. The molecule has 0 saturated heterocycles. The monoisotopic (exact) mass is 302 g/mol. The van der Waals surface area contributed by atoms with E-state index in [4.69, 9.17) is 4.74 Å². The summed E-state index contributed by atoms with van der Waals surface area (Å²) in [6.45, 7) is 2.06. The summed E-state index contributed by atoms with van der Waals surface area (Å²) in [5.41, 5.74) is 0.707. The average Bonchev–Trinajstić information content (AvgIpc) is 2.54. The standard InChI is InChI=1S/C17H18O3S/c1-2-20-17(19)16(21-14-11-7-4-8-12-14)15(18)13-9-5-3-6-10-13/h3-12,15-16,18H,2H2,1H3/t15-,16-/m0/s1. The second kappa shape index (κ2) is 7.86. The van der Waals surface area contributed by atoms with Crippen LogP contribution in [0.1, 0.15) is 18.6 Å². The van der Waals surface area contributed by atoms with E-state index >= 15 is 0 Å². The van der Waals surface area contributed by atoms with Crippen LogP contribution < -0.4 is 0 Å². The molecule has 110 valence electrons. The summed E-state index contributed by atoms with van der Waals surface area (Å²) in [4.78, 5) is 13.1. The van der Waals surface area contributed by atoms with Crippen LogP contribution in [0.2, 0.25) is 0 Å². The number of rotatable bonds is 6. The molecule has 2 aromatic carbocycles. The molecule has 0 bridgehead atoms. The van der Waals surface area contributed by atoms with Gasteiger partial charge in [0.05, 0.1) is 6.61 Å². The number of thioether (sulfide) groups is 1. The molecule has 21 heavy (non-hydrogen) atoms. The van der Waals surface area contributed by atoms with Crippen molar-refractivity contribution in [2.24, 2.45) is 0 Å². The summed E-state index contributed by atoms with van der Waals surface area (Å²) in [5.74, 6) is -0.400. The van der Waals surface area contributed by atoms with E-state index in [0.29, 0.717) is 12.2 Å². The van der Waals surface area contributed by atoms with Gasteiger partial charge in [0.25, 0.3) is 0 Å². The van der Waals surface area contributed by atoms with E-state index in [0.717, 1.165) is 4.90 Å². The molecular formula is C17H18O3S. The molecule has 0 fully saturated rings. The van der Waals surface area contributed by atoms with Gasteiger partial charge in [0, 0.05) is 4.90 Å². The fourth-order valence-electron chi connectivity index (χ4n) is 1.94. The van der Waals surface area contributed by atoms with Crippen molar-refractivity contribution in [3.63, 3.8) is 0 Å². The third-order valence-electron chi connectivity index (χ3n) is 2.95. The van der Waals surface area contributed by atoms with Crippen LogP contribution in [-0.4, -0.2) is 22.9 Å². The zero-order chi connectivity index (χ0) is 15.1. The highest BCUT2D eigenvalue weighted by molar-refractivity contribution is 8.00. The molecule has 0 spiro atoms. The predicted molar refractivity (Wildman–Crippen MR) is 84.1 cm³/mol. The first kappa shape index (κ1) is 15.6. The van der Waals surface area contributed by atoms with Crippen molar-refractivity contribution in [3.8, 4) is 0 Å². The molecule has 0 amide bonds. The Morgan fingerprint density at radius 3 is 2.24 bits per heavy atom. The first-order valence-electron chi connectivity index (χ1n) is 6.83. The van der Waals surface area contributed by atoms with E-state index in [1.807, 2.05) is 60.7 Å². The quantitative estimate of drug-likeness (QED) is 0.656. The third kappa shape index (κ3) is 4.34. The first-order valence-corrected chi connectivity index (χ1v) is 7.71. The lowest BCUT2D eigenvalue weighted by Gasteiger charge is -2.21. The van der Waals surface area contributed by atoms with Gasteiger partial charge in [-0.3, -0.25) is 4.79 Å². The van der Waals surface area contributed by atoms with Gasteiger partial charge in [0.1, 0.15) is 11.4 Å². The normalized spacial score (nSPS) is 13.4. The molecular weight excluding hydrogens is 284 g/mol. The van der Waals surface area contributed by atoms with Crippen molar-refractivity contribution >= 4 is 17.7 Å². The summed E-state index contributed by atoms with van der Waals surface area (Å²) < 4.78 is 5.10. The van der Waals surface area contributed by atoms with Crippen LogP contribution in [0, 0.1) is 0 Å². The SMILES string of the molecule is CCOC(=O)[C@@H](Sc1ccccc1)[C@@H](O)c1ccccc1. The lowest BCUT2D eigenvalue weighted by atomic mass is 10.1. The molecule has 0 aromatic heterocycles. The largest absolute Gasteiger partial charge is 0.465 e. The van der Waals surface area contributed by atoms with Crippen LogP contribution in [0.25, 0.3) is 0 Å². The van der Waals surface area contributed by atoms with Crippen LogP contribution in [-0.2, 0) is 9.53 Å². The second-order valence-electron chi connectivity index (χ2n) is 4.46. The van der Waals surface area contributed by atoms with Crippen LogP contribution in [0.5, 0.6) is 0 Å². The Kier molecular flexibility index (Phi) is 5.84. The van der Waals surface area contributed by atoms with Gasteiger partial charge in [-0.25, -0.2) is 0 Å². The molecule has 0 heterocycles. The zero-order valence-corrected chi connectivity index (χ0v) is 12.6. The van der Waals surface area contributed by atoms with E-state index in [1.165, 1.54) is 11.8 Å². The minimum atomic E-state index is -0.907. The number of ether oxygens (including phenoxy) is 1. The first-order chi connectivity index (χ1) is 10.2. The maximum Gasteiger partial charge on any atom is 0.322 e. The van der Waals surface area contributed by atoms with Crippen LogP contribution >= 0.6 is 11.8 Å². The summed E-state index contributed by atoms with van der Waals surface area (Å²) in [5, 5.41) is 9.83. The van der Waals surface area contributed by atoms with Crippen molar-refractivity contribution < 1.29 is 14.6 Å². The number of aliphatic hydroxyl groups excluding tert-OH is 1. The number of hydrogen-bond donors (Lipinski definition) is 1. The number of aliphatic hydroxyl groups is 1. The van der Waals surface area contributed by atoms with Crippen molar-refractivity contribution in [1.29, 1.82) is 0 Å². The van der Waals surface area contributed by atoms with Gasteiger partial charge < -0.3 is 9.84 Å². The van der Waals surface area contributed by atoms with Gasteiger partial charge in [-0.1, -0.05) is 48.5 Å². The molecule has 1 N–H and O–H groups in total. The van der Waals surface area contributed by atoms with Gasteiger partial charge in [0.2, 0.25) is 0 Å². The Bertz CT molecular complexity index is 557. The summed E-state index contributed by atoms with van der Waals surface area (Å²) in [6.07, 6.45) is -0.907. The summed E-state index contributed by atoms with van der Waals surface area (Å²) >= 11 is 1.32. The van der Waals surface area contributed by atoms with Crippen molar-refractivity contribution in [1.82, 2.24) is 0 Å². The second-order valence-corrected chi connectivity index (χ2v) is 5.67. The van der Waals surface area contributed by atoms with Gasteiger partial charge in [0.15, 0.2) is 0 Å². The maximum absolute atomic E-state index is 12.2. The van der Waals surface area contributed by atoms with Crippen molar-refractivity contribution in [2.45, 2.75) is 23.2 Å². The van der Waals surface area contributed by atoms with Crippen molar-refractivity contribution in [2.75, 3.05) is 6.61 Å². The lowest BCUT2D eigenvalue weighted by molar-refractivity contribution is -0.144. The van der Waals surface area contributed by atoms with E-state index in [1.54, 1.807) is 6.92 Å². The molecule has 0 saturated carbocycles. The van der Waals surface area contributed by atoms with Gasteiger partial charge in [-0.15, -0.1) is 11.8 Å². The molecule has 2 atom stereocenters. The van der Waals surface area contributed by atoms with Crippen LogP contribution in [0.15, 0.2) is 65.6 Å². The molecule has 2 rings (SSSR count). The molecule has 4 heteroatoms. The molecule has 2 aromatic rings. The van der Waals surface area contributed by atoms with E-state index < -0.39 is 17.3 Å². The van der Waals surface area contributed by atoms with Crippen LogP contribution in [0.3, 0.4) is 0 Å². The Hall–Kier alpha value is -1.78. The average molecular weight is 302 g/mol. The highest BCUT2D eigenvalue weighted by Gasteiger charge is 2.30. The number of esters is 1. The molecule has 0 radical (unpaired) electrons. The topological polar surface area (TPSA) is 46.5 Å². The zero-order valence-electron chi connectivity index (χ0n) is 11.8. The molecule has 0 unspecified atom stereocenters. The molecule has 0 aliphatic heterocycles. The van der Waals surface area contributed by atoms with Gasteiger partial charge in [-0.05, 0) is 24.6 Å². The van der Waals surface area contributed by atoms with Gasteiger partial charge >= 0.3 is 5.97 Å².